The number of aromatic nitrogens is 1. The molecular formula is C27H40N4O4. The number of nitrogens with zero attached hydrogens (tertiary/aromatic N) is 2. The van der Waals surface area contributed by atoms with Gasteiger partial charge in [0, 0.05) is 38.1 Å². The van der Waals surface area contributed by atoms with Gasteiger partial charge in [0.2, 0.25) is 5.91 Å². The first-order chi connectivity index (χ1) is 17.0. The van der Waals surface area contributed by atoms with Crippen molar-refractivity contribution in [1.82, 2.24) is 15.2 Å². The highest BCUT2D eigenvalue weighted by atomic mass is 16.5. The van der Waals surface area contributed by atoms with Crippen LogP contribution in [0.5, 0.6) is 0 Å². The van der Waals surface area contributed by atoms with Crippen LogP contribution in [0.3, 0.4) is 0 Å². The second-order valence-electron chi connectivity index (χ2n) is 11.1. The minimum atomic E-state index is -0.972. The van der Waals surface area contributed by atoms with Crippen molar-refractivity contribution >= 4 is 17.7 Å². The molecule has 8 heteroatoms. The number of likely N-dealkylation sites (tertiary alicyclic amines) is 1. The van der Waals surface area contributed by atoms with Crippen LogP contribution in [0, 0.1) is 11.3 Å². The standard InChI is InChI=1S/C27H40N4O4/c32-25(33)23(30-26(34)27-11-7-19(8-12-27)9-13-27)10-16-35-22-4-2-15-31(18-22)17-21-6-5-20-3-1-14-28-24(20)29-21/h5-6,19,22-23H,1-4,7-18H2,(H,28,29)(H,30,34)(H,32,33)/t19?,22-,23-,27?/m1/s1. The summed E-state index contributed by atoms with van der Waals surface area (Å²) < 4.78 is 6.12. The van der Waals surface area contributed by atoms with E-state index >= 15 is 0 Å². The Balaban J connectivity index is 1.08. The summed E-state index contributed by atoms with van der Waals surface area (Å²) in [6.45, 7) is 3.96. The Hall–Kier alpha value is -2.19. The number of anilines is 1. The lowest BCUT2D eigenvalue weighted by Crippen LogP contribution is -2.52. The highest BCUT2D eigenvalue weighted by molar-refractivity contribution is 5.87. The first kappa shape index (κ1) is 24.5. The first-order valence-corrected chi connectivity index (χ1v) is 13.6. The van der Waals surface area contributed by atoms with Gasteiger partial charge in [0.05, 0.1) is 11.8 Å². The number of aryl methyl sites for hydroxylation is 1. The van der Waals surface area contributed by atoms with E-state index in [9.17, 15) is 14.7 Å². The molecule has 0 radical (unpaired) electrons. The number of aliphatic carboxylic acids is 1. The normalized spacial score (nSPS) is 29.1. The molecule has 2 aliphatic heterocycles. The van der Waals surface area contributed by atoms with Gasteiger partial charge in [0.25, 0.3) is 0 Å². The van der Waals surface area contributed by atoms with E-state index < -0.39 is 12.0 Å². The topological polar surface area (TPSA) is 104 Å². The maximum atomic E-state index is 13.0. The zero-order valence-corrected chi connectivity index (χ0v) is 20.8. The summed E-state index contributed by atoms with van der Waals surface area (Å²) in [5.74, 6) is 0.767. The highest BCUT2D eigenvalue weighted by Gasteiger charge is 2.46. The SMILES string of the molecule is O=C(O)[C@@H](CCO[C@@H]1CCCN(Cc2ccc3c(n2)NCCC3)C1)NC(=O)C12CCC(CC1)CC2. The Bertz CT molecular complexity index is 901. The van der Waals surface area contributed by atoms with E-state index in [1.54, 1.807) is 0 Å². The number of rotatable bonds is 9. The summed E-state index contributed by atoms with van der Waals surface area (Å²) in [6, 6.07) is 3.44. The molecular weight excluding hydrogens is 444 g/mol. The van der Waals surface area contributed by atoms with E-state index in [1.165, 1.54) is 5.56 Å². The van der Waals surface area contributed by atoms with Gasteiger partial charge in [-0.05, 0) is 88.3 Å². The van der Waals surface area contributed by atoms with E-state index in [0.29, 0.717) is 13.0 Å². The molecule has 3 heterocycles. The molecule has 1 aromatic rings. The molecule has 6 rings (SSSR count). The molecule has 2 atom stereocenters. The zero-order valence-electron chi connectivity index (χ0n) is 20.8. The molecule has 0 spiro atoms. The lowest BCUT2D eigenvalue weighted by Gasteiger charge is -2.45. The van der Waals surface area contributed by atoms with Gasteiger partial charge in [0.1, 0.15) is 11.9 Å². The second-order valence-corrected chi connectivity index (χ2v) is 11.1. The minimum absolute atomic E-state index is 0.0565. The number of hydrogen-bond donors (Lipinski definition) is 3. The van der Waals surface area contributed by atoms with Gasteiger partial charge in [-0.1, -0.05) is 6.07 Å². The van der Waals surface area contributed by atoms with E-state index in [4.69, 9.17) is 9.72 Å². The molecule has 5 aliphatic rings. The van der Waals surface area contributed by atoms with Crippen molar-refractivity contribution in [3.63, 3.8) is 0 Å². The van der Waals surface area contributed by atoms with E-state index in [1.807, 2.05) is 0 Å². The van der Waals surface area contributed by atoms with Crippen molar-refractivity contribution < 1.29 is 19.4 Å². The maximum Gasteiger partial charge on any atom is 0.326 e. The molecule has 3 saturated carbocycles. The Labute approximate surface area is 208 Å². The maximum absolute atomic E-state index is 13.0. The average molecular weight is 485 g/mol. The largest absolute Gasteiger partial charge is 0.480 e. The van der Waals surface area contributed by atoms with Gasteiger partial charge in [-0.3, -0.25) is 9.69 Å². The molecule has 3 aliphatic carbocycles. The van der Waals surface area contributed by atoms with E-state index in [2.05, 4.69) is 27.7 Å². The van der Waals surface area contributed by atoms with Crippen LogP contribution in [0.2, 0.25) is 0 Å². The van der Waals surface area contributed by atoms with Crippen molar-refractivity contribution in [1.29, 1.82) is 0 Å². The van der Waals surface area contributed by atoms with Crippen LogP contribution >= 0.6 is 0 Å². The first-order valence-electron chi connectivity index (χ1n) is 13.6. The van der Waals surface area contributed by atoms with Gasteiger partial charge in [-0.2, -0.15) is 0 Å². The molecule has 1 aromatic heterocycles. The molecule has 35 heavy (non-hydrogen) atoms. The Morgan fingerprint density at radius 3 is 2.77 bits per heavy atom. The van der Waals surface area contributed by atoms with Gasteiger partial charge in [-0.25, -0.2) is 9.78 Å². The van der Waals surface area contributed by atoms with Crippen molar-refractivity contribution in [3.8, 4) is 0 Å². The highest BCUT2D eigenvalue weighted by Crippen LogP contribution is 2.50. The molecule has 2 bridgehead atoms. The third-order valence-corrected chi connectivity index (χ3v) is 8.74. The van der Waals surface area contributed by atoms with Crippen molar-refractivity contribution in [2.45, 2.75) is 89.3 Å². The van der Waals surface area contributed by atoms with E-state index in [0.717, 1.165) is 108 Å². The number of nitrogens with one attached hydrogen (secondary N) is 2. The number of amides is 1. The molecule has 4 fully saturated rings. The molecule has 3 N–H and O–H groups in total. The van der Waals surface area contributed by atoms with Crippen LogP contribution in [-0.2, 0) is 27.3 Å². The fourth-order valence-corrected chi connectivity index (χ4v) is 6.49. The second kappa shape index (κ2) is 10.8. The number of ether oxygens (including phenoxy) is 1. The molecule has 0 unspecified atom stereocenters. The number of carbonyl (C=O) groups is 2. The van der Waals surface area contributed by atoms with Crippen LogP contribution in [0.4, 0.5) is 5.82 Å². The number of hydrogen-bond acceptors (Lipinski definition) is 6. The Morgan fingerprint density at radius 1 is 1.20 bits per heavy atom. The Kier molecular flexibility index (Phi) is 7.58. The monoisotopic (exact) mass is 484 g/mol. The summed E-state index contributed by atoms with van der Waals surface area (Å²) in [4.78, 5) is 32.1. The molecule has 0 aromatic carbocycles. The number of fused-ring (bicyclic) bond motifs is 4. The molecule has 1 amide bonds. The number of pyridine rings is 1. The summed E-state index contributed by atoms with van der Waals surface area (Å²) in [6.07, 6.45) is 10.7. The third-order valence-electron chi connectivity index (χ3n) is 8.74. The summed E-state index contributed by atoms with van der Waals surface area (Å²) >= 11 is 0. The lowest BCUT2D eigenvalue weighted by molar-refractivity contribution is -0.147. The van der Waals surface area contributed by atoms with Gasteiger partial charge >= 0.3 is 5.97 Å². The number of carboxylic acids is 1. The quantitative estimate of drug-likeness (QED) is 0.494. The van der Waals surface area contributed by atoms with Crippen LogP contribution in [0.1, 0.15) is 75.5 Å². The van der Waals surface area contributed by atoms with Crippen molar-refractivity contribution in [2.24, 2.45) is 11.3 Å². The van der Waals surface area contributed by atoms with Crippen LogP contribution in [-0.4, -0.2) is 65.3 Å². The van der Waals surface area contributed by atoms with Crippen LogP contribution in [0.15, 0.2) is 12.1 Å². The minimum Gasteiger partial charge on any atom is -0.480 e. The molecule has 1 saturated heterocycles. The van der Waals surface area contributed by atoms with Crippen molar-refractivity contribution in [3.05, 3.63) is 23.4 Å². The summed E-state index contributed by atoms with van der Waals surface area (Å²) in [5.41, 5.74) is 2.03. The Morgan fingerprint density at radius 2 is 2.00 bits per heavy atom. The van der Waals surface area contributed by atoms with Crippen LogP contribution in [0.25, 0.3) is 0 Å². The molecule has 8 nitrogen and oxygen atoms in total. The smallest absolute Gasteiger partial charge is 0.326 e. The number of carboxylic acid groups (broad SMARTS) is 1. The average Bonchev–Trinajstić information content (AvgIpc) is 2.89. The predicted octanol–water partition coefficient (Wildman–Crippen LogP) is 3.35. The van der Waals surface area contributed by atoms with Gasteiger partial charge in [0.15, 0.2) is 0 Å². The lowest BCUT2D eigenvalue weighted by atomic mass is 9.60. The van der Waals surface area contributed by atoms with Crippen molar-refractivity contribution in [2.75, 3.05) is 31.6 Å². The third kappa shape index (κ3) is 5.80. The number of carbonyl (C=O) groups excluding carboxylic acids is 1. The van der Waals surface area contributed by atoms with Gasteiger partial charge < -0.3 is 20.5 Å². The van der Waals surface area contributed by atoms with Gasteiger partial charge in [-0.15, -0.1) is 0 Å². The van der Waals surface area contributed by atoms with E-state index in [-0.39, 0.29) is 17.4 Å². The summed E-state index contributed by atoms with van der Waals surface area (Å²) in [7, 11) is 0. The zero-order chi connectivity index (χ0) is 24.3. The predicted molar refractivity (Wildman–Crippen MR) is 133 cm³/mol. The summed E-state index contributed by atoms with van der Waals surface area (Å²) in [5, 5.41) is 16.0. The molecule has 192 valence electrons. The van der Waals surface area contributed by atoms with Crippen LogP contribution < -0.4 is 10.6 Å². The fraction of sp³-hybridized carbons (Fsp3) is 0.741. The number of piperidine rings is 1. The fourth-order valence-electron chi connectivity index (χ4n) is 6.49.